The maximum atomic E-state index is 13.5. The zero-order chi connectivity index (χ0) is 80.3. The number of ether oxygens (including phenoxy) is 6. The molecule has 3 heterocycles. The Labute approximate surface area is 672 Å². The third kappa shape index (κ3) is 49.3. The minimum atomic E-state index is -1.98. The van der Waals surface area contributed by atoms with Crippen LogP contribution in [0.2, 0.25) is 0 Å². The van der Waals surface area contributed by atoms with Crippen LogP contribution < -0.4 is 5.32 Å². The Bertz CT molecular complexity index is 2430. The van der Waals surface area contributed by atoms with Crippen molar-refractivity contribution in [2.75, 3.05) is 26.4 Å². The Balaban J connectivity index is 1.34. The van der Waals surface area contributed by atoms with E-state index in [0.717, 1.165) is 116 Å². The van der Waals surface area contributed by atoms with Gasteiger partial charge < -0.3 is 89.9 Å². The fourth-order valence-electron chi connectivity index (χ4n) is 14.5. The van der Waals surface area contributed by atoms with Crippen molar-refractivity contribution in [3.8, 4) is 0 Å². The standard InChI is InChI=1S/C92H161NO18/c1-3-5-7-9-11-13-15-17-19-21-23-25-27-29-31-33-34-35-36-37-38-39-40-42-44-46-48-50-52-54-56-58-60-62-64-66-68-70-80(98)93-75(76(97)69-67-65-63-61-59-57-55-53-51-49-47-45-43-41-32-30-28-26-24-22-20-18-16-14-12-10-8-6-4-2)74-106-90-86(104)83(101)88(78(72-95)108-90)111-92-87(105)84(102)89(79(73-96)109-92)110-91-85(103)82(100)81(99)77(71-94)107-91/h5,7,11,13,17,19,23,25,29,31,34-35,37-38,40,42,46,48,75-79,81-92,94-97,99-105H,3-4,6,8-10,12,14-16,18,20-22,24,26-28,30,32-33,36,39,41,43-45,47,49-74H2,1-2H3,(H,93,98)/b7-5-,13-11-,19-17-,25-23-,31-29-,35-34-,38-37-,42-40-,48-46-. The van der Waals surface area contributed by atoms with Crippen LogP contribution in [0.3, 0.4) is 0 Å². The number of carbonyl (C=O) groups excluding carboxylic acids is 1. The molecule has 17 atom stereocenters. The molecule has 0 aromatic heterocycles. The van der Waals surface area contributed by atoms with Crippen molar-refractivity contribution in [2.24, 2.45) is 0 Å². The SMILES string of the molecule is CC/C=C\C/C=C\C/C=C\C/C=C\C/C=C\C/C=C\C/C=C\C/C=C\C/C=C\CCCCCCCCCCCC(=O)NC(COC1OC(CO)C(OC2OC(CO)C(OC3OC(CO)C(O)C(O)C3O)C(O)C2O)C(O)C1O)C(O)CCCCCCCCCCCCCCCCCCCCCCCCCCCCCCC. The Hall–Kier alpha value is -3.55. The van der Waals surface area contributed by atoms with E-state index in [4.69, 9.17) is 28.4 Å². The second-order valence-corrected chi connectivity index (χ2v) is 31.3. The first-order valence-corrected chi connectivity index (χ1v) is 44.6. The van der Waals surface area contributed by atoms with Gasteiger partial charge in [0.25, 0.3) is 0 Å². The van der Waals surface area contributed by atoms with E-state index in [1.165, 1.54) is 186 Å². The van der Waals surface area contributed by atoms with Gasteiger partial charge in [-0.05, 0) is 83.5 Å². The molecule has 3 saturated heterocycles. The molecule has 3 aliphatic heterocycles. The third-order valence-corrected chi connectivity index (χ3v) is 21.6. The molecule has 0 aliphatic carbocycles. The van der Waals surface area contributed by atoms with Gasteiger partial charge in [-0.2, -0.15) is 0 Å². The van der Waals surface area contributed by atoms with E-state index in [2.05, 4.69) is 129 Å². The molecule has 0 aromatic rings. The number of allylic oxidation sites excluding steroid dienone is 18. The van der Waals surface area contributed by atoms with Gasteiger partial charge in [-0.25, -0.2) is 0 Å². The first-order valence-electron chi connectivity index (χ1n) is 44.6. The van der Waals surface area contributed by atoms with Crippen molar-refractivity contribution >= 4 is 5.91 Å². The van der Waals surface area contributed by atoms with E-state index in [1.54, 1.807) is 0 Å². The molecule has 0 bridgehead atoms. The van der Waals surface area contributed by atoms with E-state index in [0.29, 0.717) is 12.8 Å². The Morgan fingerprint density at radius 3 is 0.973 bits per heavy atom. The summed E-state index contributed by atoms with van der Waals surface area (Å²) >= 11 is 0. The van der Waals surface area contributed by atoms with Crippen LogP contribution in [0.15, 0.2) is 109 Å². The van der Waals surface area contributed by atoms with E-state index < -0.39 is 124 Å². The Kier molecular flexibility index (Phi) is 64.7. The van der Waals surface area contributed by atoms with Gasteiger partial charge in [0, 0.05) is 6.42 Å². The Morgan fingerprint density at radius 2 is 0.622 bits per heavy atom. The molecular formula is C92H161NO18. The number of hydrogen-bond donors (Lipinski definition) is 12. The van der Waals surface area contributed by atoms with Gasteiger partial charge in [0.05, 0.1) is 38.6 Å². The van der Waals surface area contributed by atoms with Crippen molar-refractivity contribution in [3.05, 3.63) is 109 Å². The van der Waals surface area contributed by atoms with Crippen LogP contribution in [0.1, 0.15) is 335 Å². The predicted molar refractivity (Wildman–Crippen MR) is 447 cm³/mol. The smallest absolute Gasteiger partial charge is 0.220 e. The van der Waals surface area contributed by atoms with E-state index in [-0.39, 0.29) is 18.9 Å². The highest BCUT2D eigenvalue weighted by molar-refractivity contribution is 5.76. The van der Waals surface area contributed by atoms with Gasteiger partial charge in [0.2, 0.25) is 5.91 Å². The van der Waals surface area contributed by atoms with Crippen LogP contribution in [-0.4, -0.2) is 193 Å². The van der Waals surface area contributed by atoms with Gasteiger partial charge in [-0.15, -0.1) is 0 Å². The summed E-state index contributed by atoms with van der Waals surface area (Å²) in [5.41, 5.74) is 0. The average Bonchev–Trinajstić information content (AvgIpc) is 0.779. The summed E-state index contributed by atoms with van der Waals surface area (Å²) in [5.74, 6) is -0.249. The highest BCUT2D eigenvalue weighted by atomic mass is 16.8. The molecule has 19 heteroatoms. The summed E-state index contributed by atoms with van der Waals surface area (Å²) in [6, 6.07) is -0.900. The monoisotopic (exact) mass is 1570 g/mol. The van der Waals surface area contributed by atoms with Crippen LogP contribution in [0.5, 0.6) is 0 Å². The third-order valence-electron chi connectivity index (χ3n) is 21.6. The average molecular weight is 1570 g/mol. The fraction of sp³-hybridized carbons (Fsp3) is 0.793. The molecule has 3 rings (SSSR count). The molecule has 0 aromatic carbocycles. The van der Waals surface area contributed by atoms with Crippen LogP contribution in [0, 0.1) is 0 Å². The fourth-order valence-corrected chi connectivity index (χ4v) is 14.5. The lowest BCUT2D eigenvalue weighted by Gasteiger charge is -2.48. The maximum Gasteiger partial charge on any atom is 0.220 e. The highest BCUT2D eigenvalue weighted by Crippen LogP contribution is 2.33. The summed E-state index contributed by atoms with van der Waals surface area (Å²) in [7, 11) is 0. The van der Waals surface area contributed by atoms with Crippen molar-refractivity contribution in [2.45, 2.75) is 439 Å². The van der Waals surface area contributed by atoms with Crippen LogP contribution in [-0.2, 0) is 33.2 Å². The molecule has 17 unspecified atom stereocenters. The molecule has 0 saturated carbocycles. The van der Waals surface area contributed by atoms with Gasteiger partial charge in [0.1, 0.15) is 73.2 Å². The predicted octanol–water partition coefficient (Wildman–Crippen LogP) is 16.8. The largest absolute Gasteiger partial charge is 0.394 e. The lowest BCUT2D eigenvalue weighted by Crippen LogP contribution is -2.66. The topological polar surface area (TPSA) is 307 Å². The number of nitrogens with one attached hydrogen (secondary N) is 1. The number of aliphatic hydroxyl groups excluding tert-OH is 11. The molecule has 3 fully saturated rings. The van der Waals surface area contributed by atoms with Crippen LogP contribution >= 0.6 is 0 Å². The van der Waals surface area contributed by atoms with Crippen molar-refractivity contribution in [1.82, 2.24) is 5.32 Å². The molecular weight excluding hydrogens is 1410 g/mol. The number of amides is 1. The molecule has 111 heavy (non-hydrogen) atoms. The van der Waals surface area contributed by atoms with E-state index >= 15 is 0 Å². The van der Waals surface area contributed by atoms with Crippen molar-refractivity contribution in [3.63, 3.8) is 0 Å². The normalized spacial score (nSPS) is 25.6. The summed E-state index contributed by atoms with van der Waals surface area (Å²) in [4.78, 5) is 13.5. The molecule has 0 spiro atoms. The van der Waals surface area contributed by atoms with Crippen LogP contribution in [0.4, 0.5) is 0 Å². The zero-order valence-electron chi connectivity index (χ0n) is 69.2. The van der Waals surface area contributed by atoms with Crippen molar-refractivity contribution in [1.29, 1.82) is 0 Å². The minimum Gasteiger partial charge on any atom is -0.394 e. The number of carbonyl (C=O) groups is 1. The summed E-state index contributed by atoms with van der Waals surface area (Å²) < 4.78 is 34.6. The van der Waals surface area contributed by atoms with E-state index in [1.807, 2.05) is 0 Å². The summed E-state index contributed by atoms with van der Waals surface area (Å²) in [6.45, 7) is 1.72. The second kappa shape index (κ2) is 70.6. The van der Waals surface area contributed by atoms with E-state index in [9.17, 15) is 61.0 Å². The summed E-state index contributed by atoms with van der Waals surface area (Å²) in [6.07, 6.45) is 71.8. The highest BCUT2D eigenvalue weighted by Gasteiger charge is 2.54. The molecule has 3 aliphatic rings. The van der Waals surface area contributed by atoms with Gasteiger partial charge in [-0.1, -0.05) is 354 Å². The summed E-state index contributed by atoms with van der Waals surface area (Å²) in [5, 5.41) is 121. The van der Waals surface area contributed by atoms with Gasteiger partial charge in [0.15, 0.2) is 18.9 Å². The number of hydrogen-bond acceptors (Lipinski definition) is 18. The number of unbranched alkanes of at least 4 members (excludes halogenated alkanes) is 37. The zero-order valence-corrected chi connectivity index (χ0v) is 69.2. The molecule has 0 radical (unpaired) electrons. The molecule has 1 amide bonds. The Morgan fingerprint density at radius 1 is 0.333 bits per heavy atom. The lowest BCUT2D eigenvalue weighted by atomic mass is 9.96. The van der Waals surface area contributed by atoms with Crippen LogP contribution in [0.25, 0.3) is 0 Å². The quantitative estimate of drug-likeness (QED) is 0.0199. The van der Waals surface area contributed by atoms with Crippen molar-refractivity contribution < 1.29 is 89.4 Å². The second-order valence-electron chi connectivity index (χ2n) is 31.3. The van der Waals surface area contributed by atoms with Gasteiger partial charge in [-0.3, -0.25) is 4.79 Å². The first-order chi connectivity index (χ1) is 54.3. The lowest BCUT2D eigenvalue weighted by molar-refractivity contribution is -0.379. The number of aliphatic hydroxyl groups is 11. The first kappa shape index (κ1) is 102. The maximum absolute atomic E-state index is 13.5. The molecule has 642 valence electrons. The minimum absolute atomic E-state index is 0.249. The number of rotatable bonds is 71. The molecule has 12 N–H and O–H groups in total. The van der Waals surface area contributed by atoms with Gasteiger partial charge >= 0.3 is 0 Å². The molecule has 19 nitrogen and oxygen atoms in total.